The zero-order valence-electron chi connectivity index (χ0n) is 15.3. The number of sulfonamides is 1. The fourth-order valence-electron chi connectivity index (χ4n) is 3.50. The summed E-state index contributed by atoms with van der Waals surface area (Å²) in [6.07, 6.45) is 2.57. The molecule has 2 aliphatic rings. The molecule has 0 radical (unpaired) electrons. The van der Waals surface area contributed by atoms with Crippen LogP contribution in [0.5, 0.6) is 0 Å². The molecule has 1 heterocycles. The van der Waals surface area contributed by atoms with E-state index in [1.54, 1.807) is 4.90 Å². The van der Waals surface area contributed by atoms with E-state index in [4.69, 9.17) is 5.73 Å². The standard InChI is InChI=1S/C18H24F3N3O3S/c19-15-9-17(21)16(20)7-11(15)6-12(22)8-18(25)24-5-1-2-13(24)10-23-28(26,27)14-3-4-14/h7,9,12-14,23H,1-6,8,10,22H2/t12?,13-/m0/s1. The number of rotatable bonds is 8. The topological polar surface area (TPSA) is 92.5 Å². The second kappa shape index (κ2) is 8.38. The van der Waals surface area contributed by atoms with Gasteiger partial charge in [-0.3, -0.25) is 4.79 Å². The summed E-state index contributed by atoms with van der Waals surface area (Å²) < 4.78 is 66.6. The quantitative estimate of drug-likeness (QED) is 0.624. The maximum atomic E-state index is 13.8. The minimum atomic E-state index is -3.32. The van der Waals surface area contributed by atoms with E-state index in [0.29, 0.717) is 31.9 Å². The summed E-state index contributed by atoms with van der Waals surface area (Å²) >= 11 is 0. The van der Waals surface area contributed by atoms with Crippen molar-refractivity contribution in [2.75, 3.05) is 13.1 Å². The van der Waals surface area contributed by atoms with Gasteiger partial charge in [0.05, 0.1) is 5.25 Å². The number of nitrogens with one attached hydrogen (secondary N) is 1. The summed E-state index contributed by atoms with van der Waals surface area (Å²) in [5.41, 5.74) is 5.84. The first-order chi connectivity index (χ1) is 13.2. The number of hydrogen-bond donors (Lipinski definition) is 2. The Morgan fingerprint density at radius 1 is 1.18 bits per heavy atom. The van der Waals surface area contributed by atoms with Crippen LogP contribution in [0.1, 0.15) is 37.7 Å². The molecule has 3 rings (SSSR count). The van der Waals surface area contributed by atoms with Crippen LogP contribution in [0.25, 0.3) is 0 Å². The van der Waals surface area contributed by atoms with Gasteiger partial charge in [0.1, 0.15) is 5.82 Å². The largest absolute Gasteiger partial charge is 0.338 e. The summed E-state index contributed by atoms with van der Waals surface area (Å²) in [7, 11) is -3.32. The second-order valence-electron chi connectivity index (χ2n) is 7.50. The molecule has 6 nitrogen and oxygen atoms in total. The Morgan fingerprint density at radius 2 is 1.86 bits per heavy atom. The third-order valence-electron chi connectivity index (χ3n) is 5.19. The van der Waals surface area contributed by atoms with Crippen molar-refractivity contribution in [3.05, 3.63) is 35.1 Å². The van der Waals surface area contributed by atoms with Crippen LogP contribution in [0.4, 0.5) is 13.2 Å². The highest BCUT2D eigenvalue weighted by Crippen LogP contribution is 2.28. The van der Waals surface area contributed by atoms with Crippen molar-refractivity contribution >= 4 is 15.9 Å². The molecule has 3 N–H and O–H groups in total. The number of amides is 1. The molecule has 1 aliphatic carbocycles. The lowest BCUT2D eigenvalue weighted by Gasteiger charge is -2.26. The van der Waals surface area contributed by atoms with Gasteiger partial charge in [-0.2, -0.15) is 0 Å². The van der Waals surface area contributed by atoms with Gasteiger partial charge in [0, 0.05) is 37.7 Å². The van der Waals surface area contributed by atoms with Gasteiger partial charge in [-0.15, -0.1) is 0 Å². The Morgan fingerprint density at radius 3 is 2.54 bits per heavy atom. The predicted molar refractivity (Wildman–Crippen MR) is 97.3 cm³/mol. The van der Waals surface area contributed by atoms with Gasteiger partial charge in [0.15, 0.2) is 11.6 Å². The molecule has 0 spiro atoms. The van der Waals surface area contributed by atoms with Crippen LogP contribution >= 0.6 is 0 Å². The highest BCUT2D eigenvalue weighted by atomic mass is 32.2. The molecule has 2 fully saturated rings. The molecule has 1 aliphatic heterocycles. The normalized spacial score (nSPS) is 21.1. The maximum absolute atomic E-state index is 13.8. The Labute approximate surface area is 162 Å². The van der Waals surface area contributed by atoms with E-state index in [2.05, 4.69) is 4.72 Å². The Hall–Kier alpha value is -1.65. The third kappa shape index (κ3) is 5.03. The molecule has 0 bridgehead atoms. The van der Waals surface area contributed by atoms with Crippen LogP contribution in [0, 0.1) is 17.5 Å². The number of nitrogens with zero attached hydrogens (tertiary/aromatic N) is 1. The summed E-state index contributed by atoms with van der Waals surface area (Å²) in [5, 5.41) is -0.322. The zero-order valence-corrected chi connectivity index (χ0v) is 16.2. The minimum Gasteiger partial charge on any atom is -0.338 e. The van der Waals surface area contributed by atoms with Crippen molar-refractivity contribution in [1.29, 1.82) is 0 Å². The van der Waals surface area contributed by atoms with Gasteiger partial charge in [0.2, 0.25) is 15.9 Å². The average molecular weight is 419 g/mol. The summed E-state index contributed by atoms with van der Waals surface area (Å²) in [6, 6.07) is 0.201. The van der Waals surface area contributed by atoms with Gasteiger partial charge >= 0.3 is 0 Å². The lowest BCUT2D eigenvalue weighted by atomic mass is 10.0. The van der Waals surface area contributed by atoms with Crippen LogP contribution in [-0.2, 0) is 21.2 Å². The lowest BCUT2D eigenvalue weighted by molar-refractivity contribution is -0.132. The molecule has 10 heteroatoms. The predicted octanol–water partition coefficient (Wildman–Crippen LogP) is 1.44. The summed E-state index contributed by atoms with van der Waals surface area (Å²) in [5.74, 6) is -3.61. The molecule has 1 saturated carbocycles. The Kier molecular flexibility index (Phi) is 6.31. The highest BCUT2D eigenvalue weighted by molar-refractivity contribution is 7.90. The molecule has 1 aromatic rings. The van der Waals surface area contributed by atoms with Crippen molar-refractivity contribution < 1.29 is 26.4 Å². The molecule has 1 saturated heterocycles. The van der Waals surface area contributed by atoms with Gasteiger partial charge in [-0.1, -0.05) is 0 Å². The molecule has 0 aromatic heterocycles. The number of carbonyl (C=O) groups excluding carboxylic acids is 1. The molecular weight excluding hydrogens is 395 g/mol. The SMILES string of the molecule is NC(CC(=O)N1CCC[C@H]1CNS(=O)(=O)C1CC1)Cc1cc(F)c(F)cc1F. The molecule has 1 aromatic carbocycles. The average Bonchev–Trinajstić information content (AvgIpc) is 3.37. The fourth-order valence-corrected chi connectivity index (χ4v) is 4.92. The lowest BCUT2D eigenvalue weighted by Crippen LogP contribution is -2.45. The number of halogens is 3. The smallest absolute Gasteiger partial charge is 0.224 e. The van der Waals surface area contributed by atoms with Crippen LogP contribution in [0.2, 0.25) is 0 Å². The second-order valence-corrected chi connectivity index (χ2v) is 9.55. The van der Waals surface area contributed by atoms with Crippen LogP contribution in [0.15, 0.2) is 12.1 Å². The van der Waals surface area contributed by atoms with E-state index in [9.17, 15) is 26.4 Å². The van der Waals surface area contributed by atoms with E-state index in [1.165, 1.54) is 0 Å². The Bertz CT molecular complexity index is 846. The van der Waals surface area contributed by atoms with Crippen molar-refractivity contribution in [3.63, 3.8) is 0 Å². The first-order valence-corrected chi connectivity index (χ1v) is 10.9. The van der Waals surface area contributed by atoms with E-state index in [-0.39, 0.29) is 42.1 Å². The molecule has 2 atom stereocenters. The molecular formula is C18H24F3N3O3S. The number of nitrogens with two attached hydrogens (primary N) is 1. The molecule has 1 amide bonds. The number of benzene rings is 1. The van der Waals surface area contributed by atoms with Gasteiger partial charge in [-0.25, -0.2) is 26.3 Å². The first kappa shape index (κ1) is 21.1. The van der Waals surface area contributed by atoms with Crippen LogP contribution in [0.3, 0.4) is 0 Å². The summed E-state index contributed by atoms with van der Waals surface area (Å²) in [6.45, 7) is 0.665. The first-order valence-electron chi connectivity index (χ1n) is 9.34. The highest BCUT2D eigenvalue weighted by Gasteiger charge is 2.37. The van der Waals surface area contributed by atoms with Crippen molar-refractivity contribution in [3.8, 4) is 0 Å². The van der Waals surface area contributed by atoms with Gasteiger partial charge in [0.25, 0.3) is 0 Å². The van der Waals surface area contributed by atoms with E-state index in [1.807, 2.05) is 0 Å². The third-order valence-corrected chi connectivity index (χ3v) is 7.11. The summed E-state index contributed by atoms with van der Waals surface area (Å²) in [4.78, 5) is 14.2. The minimum absolute atomic E-state index is 0.0886. The number of carbonyl (C=O) groups is 1. The van der Waals surface area contributed by atoms with E-state index in [0.717, 1.165) is 12.5 Å². The van der Waals surface area contributed by atoms with Crippen LogP contribution < -0.4 is 10.5 Å². The van der Waals surface area contributed by atoms with E-state index >= 15 is 0 Å². The van der Waals surface area contributed by atoms with Crippen molar-refractivity contribution in [2.45, 2.75) is 55.9 Å². The monoisotopic (exact) mass is 419 g/mol. The Balaban J connectivity index is 1.54. The van der Waals surface area contributed by atoms with E-state index < -0.39 is 33.5 Å². The molecule has 1 unspecified atom stereocenters. The zero-order chi connectivity index (χ0) is 20.5. The number of likely N-dealkylation sites (tertiary alicyclic amines) is 1. The van der Waals surface area contributed by atoms with Crippen molar-refractivity contribution in [1.82, 2.24) is 9.62 Å². The van der Waals surface area contributed by atoms with Crippen LogP contribution in [-0.4, -0.2) is 49.6 Å². The fraction of sp³-hybridized carbons (Fsp3) is 0.611. The molecule has 156 valence electrons. The van der Waals surface area contributed by atoms with Gasteiger partial charge in [-0.05, 0) is 43.7 Å². The number of hydrogen-bond acceptors (Lipinski definition) is 4. The van der Waals surface area contributed by atoms with Crippen molar-refractivity contribution in [2.24, 2.45) is 5.73 Å². The van der Waals surface area contributed by atoms with Gasteiger partial charge < -0.3 is 10.6 Å². The molecule has 28 heavy (non-hydrogen) atoms. The maximum Gasteiger partial charge on any atom is 0.224 e.